The molecule has 1 rings (SSSR count). The van der Waals surface area contributed by atoms with Crippen molar-refractivity contribution in [3.05, 3.63) is 30.3 Å². The normalized spacial score (nSPS) is 12.5. The topological polar surface area (TPSA) is 9.23 Å². The lowest BCUT2D eigenvalue weighted by atomic mass is 10.3. The van der Waals surface area contributed by atoms with Gasteiger partial charge in [0.1, 0.15) is 18.5 Å². The van der Waals surface area contributed by atoms with E-state index < -0.39 is 6.17 Å². The number of ether oxygens (including phenoxy) is 1. The van der Waals surface area contributed by atoms with Gasteiger partial charge in [0.05, 0.1) is 0 Å². The molecule has 0 bridgehead atoms. The SMILES string of the molecule is FC(CBr)COc1ccccc1. The Morgan fingerprint density at radius 1 is 1.33 bits per heavy atom. The van der Waals surface area contributed by atoms with Crippen LogP contribution in [0.15, 0.2) is 30.3 Å². The molecule has 0 aliphatic heterocycles. The van der Waals surface area contributed by atoms with Gasteiger partial charge in [-0.1, -0.05) is 34.1 Å². The van der Waals surface area contributed by atoms with Crippen LogP contribution in [0.4, 0.5) is 4.39 Å². The predicted octanol–water partition coefficient (Wildman–Crippen LogP) is 2.80. The fourth-order valence-corrected chi connectivity index (χ4v) is 0.935. The zero-order valence-electron chi connectivity index (χ0n) is 6.54. The van der Waals surface area contributed by atoms with Gasteiger partial charge < -0.3 is 4.74 Å². The van der Waals surface area contributed by atoms with Crippen molar-refractivity contribution in [3.63, 3.8) is 0 Å². The third-order valence-electron chi connectivity index (χ3n) is 1.34. The van der Waals surface area contributed by atoms with Gasteiger partial charge in [-0.2, -0.15) is 0 Å². The molecule has 3 heteroatoms. The lowest BCUT2D eigenvalue weighted by Gasteiger charge is -2.06. The summed E-state index contributed by atoms with van der Waals surface area (Å²) in [6.07, 6.45) is -0.940. The van der Waals surface area contributed by atoms with E-state index in [1.807, 2.05) is 18.2 Å². The Hall–Kier alpha value is -0.570. The highest BCUT2D eigenvalue weighted by molar-refractivity contribution is 9.09. The molecular weight excluding hydrogens is 223 g/mol. The van der Waals surface area contributed by atoms with Gasteiger partial charge in [-0.25, -0.2) is 4.39 Å². The molecule has 12 heavy (non-hydrogen) atoms. The fourth-order valence-electron chi connectivity index (χ4n) is 0.748. The van der Waals surface area contributed by atoms with Crippen LogP contribution in [0.5, 0.6) is 5.75 Å². The Labute approximate surface area is 79.7 Å². The van der Waals surface area contributed by atoms with Crippen LogP contribution in [-0.4, -0.2) is 18.1 Å². The average molecular weight is 233 g/mol. The van der Waals surface area contributed by atoms with E-state index in [1.165, 1.54) is 0 Å². The summed E-state index contributed by atoms with van der Waals surface area (Å²) >= 11 is 3.03. The third-order valence-corrected chi connectivity index (χ3v) is 2.04. The summed E-state index contributed by atoms with van der Waals surface area (Å²) in [5, 5.41) is 0.319. The first-order valence-electron chi connectivity index (χ1n) is 3.71. The van der Waals surface area contributed by atoms with Crippen molar-refractivity contribution in [1.29, 1.82) is 0 Å². The molecule has 66 valence electrons. The summed E-state index contributed by atoms with van der Waals surface area (Å²) < 4.78 is 17.8. The van der Waals surface area contributed by atoms with Crippen LogP contribution in [0.3, 0.4) is 0 Å². The number of benzene rings is 1. The van der Waals surface area contributed by atoms with Crippen LogP contribution in [0.2, 0.25) is 0 Å². The second-order valence-electron chi connectivity index (χ2n) is 2.38. The van der Waals surface area contributed by atoms with E-state index >= 15 is 0 Å². The highest BCUT2D eigenvalue weighted by atomic mass is 79.9. The minimum absolute atomic E-state index is 0.106. The molecule has 1 aromatic rings. The van der Waals surface area contributed by atoms with Crippen molar-refractivity contribution in [2.45, 2.75) is 6.17 Å². The van der Waals surface area contributed by atoms with Crippen molar-refractivity contribution < 1.29 is 9.13 Å². The monoisotopic (exact) mass is 232 g/mol. The summed E-state index contributed by atoms with van der Waals surface area (Å²) in [5.74, 6) is 0.709. The molecule has 0 fully saturated rings. The molecule has 0 aliphatic rings. The lowest BCUT2D eigenvalue weighted by molar-refractivity contribution is 0.214. The van der Waals surface area contributed by atoms with Crippen LogP contribution in [0, 0.1) is 0 Å². The number of hydrogen-bond acceptors (Lipinski definition) is 1. The first-order valence-corrected chi connectivity index (χ1v) is 4.83. The van der Waals surface area contributed by atoms with Crippen LogP contribution in [-0.2, 0) is 0 Å². The summed E-state index contributed by atoms with van der Waals surface area (Å²) in [5.41, 5.74) is 0. The molecule has 0 saturated heterocycles. The van der Waals surface area contributed by atoms with E-state index in [9.17, 15) is 4.39 Å². The number of para-hydroxylation sites is 1. The maximum absolute atomic E-state index is 12.6. The lowest BCUT2D eigenvalue weighted by Crippen LogP contribution is -2.13. The zero-order valence-corrected chi connectivity index (χ0v) is 8.13. The van der Waals surface area contributed by atoms with Gasteiger partial charge in [0, 0.05) is 5.33 Å². The fraction of sp³-hybridized carbons (Fsp3) is 0.333. The molecule has 0 N–H and O–H groups in total. The van der Waals surface area contributed by atoms with Crippen LogP contribution >= 0.6 is 15.9 Å². The summed E-state index contributed by atoms with van der Waals surface area (Å²) in [6.45, 7) is 0.106. The van der Waals surface area contributed by atoms with Gasteiger partial charge in [-0.15, -0.1) is 0 Å². The van der Waals surface area contributed by atoms with E-state index in [1.54, 1.807) is 12.1 Å². The third kappa shape index (κ3) is 3.22. The number of alkyl halides is 2. The summed E-state index contributed by atoms with van der Waals surface area (Å²) in [6, 6.07) is 9.22. The predicted molar refractivity (Wildman–Crippen MR) is 50.6 cm³/mol. The molecule has 0 aromatic heterocycles. The summed E-state index contributed by atoms with van der Waals surface area (Å²) in [7, 11) is 0. The molecule has 0 saturated carbocycles. The minimum atomic E-state index is -0.940. The molecule has 0 spiro atoms. The van der Waals surface area contributed by atoms with Crippen molar-refractivity contribution >= 4 is 15.9 Å². The first-order chi connectivity index (χ1) is 5.83. The average Bonchev–Trinajstić information content (AvgIpc) is 2.16. The quantitative estimate of drug-likeness (QED) is 0.726. The van der Waals surface area contributed by atoms with E-state index in [2.05, 4.69) is 15.9 Å². The van der Waals surface area contributed by atoms with E-state index in [0.717, 1.165) is 0 Å². The second kappa shape index (κ2) is 5.14. The maximum atomic E-state index is 12.6. The standard InChI is InChI=1S/C9H10BrFO/c10-6-8(11)7-12-9-4-2-1-3-5-9/h1-5,8H,6-7H2. The van der Waals surface area contributed by atoms with Crippen molar-refractivity contribution in [2.24, 2.45) is 0 Å². The molecule has 0 radical (unpaired) electrons. The van der Waals surface area contributed by atoms with Crippen molar-refractivity contribution in [2.75, 3.05) is 11.9 Å². The Morgan fingerprint density at radius 2 is 2.00 bits per heavy atom. The molecule has 0 aliphatic carbocycles. The second-order valence-corrected chi connectivity index (χ2v) is 3.02. The van der Waals surface area contributed by atoms with Gasteiger partial charge in [0.15, 0.2) is 0 Å². The molecule has 1 nitrogen and oxygen atoms in total. The Kier molecular flexibility index (Phi) is 4.08. The summed E-state index contributed by atoms with van der Waals surface area (Å²) in [4.78, 5) is 0. The Bertz CT molecular complexity index is 215. The molecule has 0 heterocycles. The van der Waals surface area contributed by atoms with Crippen LogP contribution in [0.25, 0.3) is 0 Å². The van der Waals surface area contributed by atoms with Gasteiger partial charge >= 0.3 is 0 Å². The Morgan fingerprint density at radius 3 is 2.58 bits per heavy atom. The van der Waals surface area contributed by atoms with Crippen molar-refractivity contribution in [3.8, 4) is 5.75 Å². The largest absolute Gasteiger partial charge is 0.491 e. The Balaban J connectivity index is 2.33. The first kappa shape index (κ1) is 9.52. The number of rotatable bonds is 4. The highest BCUT2D eigenvalue weighted by Gasteiger charge is 2.03. The van der Waals surface area contributed by atoms with Crippen molar-refractivity contribution in [1.82, 2.24) is 0 Å². The molecule has 1 aromatic carbocycles. The van der Waals surface area contributed by atoms with Gasteiger partial charge in [0.2, 0.25) is 0 Å². The van der Waals surface area contributed by atoms with Gasteiger partial charge in [-0.3, -0.25) is 0 Å². The van der Waals surface area contributed by atoms with Crippen LogP contribution in [0.1, 0.15) is 0 Å². The van der Waals surface area contributed by atoms with Gasteiger partial charge in [-0.05, 0) is 12.1 Å². The molecule has 0 amide bonds. The number of hydrogen-bond donors (Lipinski definition) is 0. The highest BCUT2D eigenvalue weighted by Crippen LogP contribution is 2.09. The minimum Gasteiger partial charge on any atom is -0.491 e. The van der Waals surface area contributed by atoms with Crippen LogP contribution < -0.4 is 4.74 Å². The molecule has 1 unspecified atom stereocenters. The van der Waals surface area contributed by atoms with E-state index in [4.69, 9.17) is 4.74 Å². The van der Waals surface area contributed by atoms with Gasteiger partial charge in [0.25, 0.3) is 0 Å². The number of halogens is 2. The smallest absolute Gasteiger partial charge is 0.144 e. The molecular formula is C9H10BrFO. The van der Waals surface area contributed by atoms with E-state index in [-0.39, 0.29) is 6.61 Å². The zero-order chi connectivity index (χ0) is 8.81. The molecule has 1 atom stereocenters. The van der Waals surface area contributed by atoms with E-state index in [0.29, 0.717) is 11.1 Å². The maximum Gasteiger partial charge on any atom is 0.144 e.